The van der Waals surface area contributed by atoms with E-state index in [0.717, 1.165) is 12.1 Å². The Balaban J connectivity index is 4.67. The van der Waals surface area contributed by atoms with Gasteiger partial charge in [-0.25, -0.2) is 0 Å². The molecule has 0 radical (unpaired) electrons. The van der Waals surface area contributed by atoms with E-state index in [-0.39, 0.29) is 19.4 Å². The molecule has 0 spiro atoms. The van der Waals surface area contributed by atoms with Crippen LogP contribution in [0.2, 0.25) is 5.67 Å². The summed E-state index contributed by atoms with van der Waals surface area (Å²) in [6, 6.07) is 1.50. The molecule has 0 aromatic carbocycles. The Morgan fingerprint density at radius 2 is 1.00 bits per heavy atom. The highest BCUT2D eigenvalue weighted by molar-refractivity contribution is 6.53. The fraction of sp³-hybridized carbons (Fsp3) is 1.00. The lowest BCUT2D eigenvalue weighted by molar-refractivity contribution is 0.192. The van der Waals surface area contributed by atoms with E-state index in [2.05, 4.69) is 78.4 Å². The largest absolute Gasteiger partial charge is 0.322 e. The van der Waals surface area contributed by atoms with Gasteiger partial charge < -0.3 is 9.13 Å². The van der Waals surface area contributed by atoms with Gasteiger partial charge in [-0.15, -0.1) is 0 Å². The summed E-state index contributed by atoms with van der Waals surface area (Å²) in [7, 11) is -0.249. The minimum atomic E-state index is -0.124. The smallest absolute Gasteiger partial charge is 0.0941 e. The van der Waals surface area contributed by atoms with E-state index in [4.69, 9.17) is 0 Å². The molecule has 0 saturated carbocycles. The van der Waals surface area contributed by atoms with Gasteiger partial charge in [-0.05, 0) is 72.1 Å². The summed E-state index contributed by atoms with van der Waals surface area (Å²) in [5.41, 5.74) is 2.22. The molecule has 2 unspecified atom stereocenters. The third-order valence-electron chi connectivity index (χ3n) is 4.77. The Kier molecular flexibility index (Phi) is 9.00. The summed E-state index contributed by atoms with van der Waals surface area (Å²) in [5, 5.41) is 0. The van der Waals surface area contributed by atoms with Gasteiger partial charge in [0.25, 0.3) is 0 Å². The van der Waals surface area contributed by atoms with Crippen molar-refractivity contribution in [3.8, 4) is 0 Å². The fourth-order valence-corrected chi connectivity index (χ4v) is 9.32. The van der Waals surface area contributed by atoms with Crippen molar-refractivity contribution in [1.29, 1.82) is 0 Å². The minimum absolute atomic E-state index is 0.124. The predicted octanol–water partition coefficient (Wildman–Crippen LogP) is 3.33. The molecule has 0 aromatic rings. The summed E-state index contributed by atoms with van der Waals surface area (Å²) >= 11 is 0. The van der Waals surface area contributed by atoms with Crippen LogP contribution in [0.1, 0.15) is 82.1 Å². The van der Waals surface area contributed by atoms with E-state index in [1.165, 1.54) is 18.5 Å². The van der Waals surface area contributed by atoms with Crippen molar-refractivity contribution in [1.82, 2.24) is 9.13 Å². The lowest BCUT2D eigenvalue weighted by Crippen LogP contribution is -2.52. The lowest BCUT2D eigenvalue weighted by Gasteiger charge is -2.43. The van der Waals surface area contributed by atoms with Crippen LogP contribution in [-0.4, -0.2) is 51.7 Å². The Hall–Kier alpha value is 0.354. The Bertz CT molecular complexity index is 253. The van der Waals surface area contributed by atoms with Crippen molar-refractivity contribution >= 4 is 19.4 Å². The molecule has 21 heavy (non-hydrogen) atoms. The van der Waals surface area contributed by atoms with Gasteiger partial charge in [-0.2, -0.15) is 0 Å². The summed E-state index contributed by atoms with van der Waals surface area (Å²) < 4.78 is 5.69. The van der Waals surface area contributed by atoms with Crippen LogP contribution in [0.5, 0.6) is 0 Å². The molecule has 0 N–H and O–H groups in total. The Morgan fingerprint density at radius 1 is 0.714 bits per heavy atom. The van der Waals surface area contributed by atoms with E-state index in [1.54, 1.807) is 0 Å². The van der Waals surface area contributed by atoms with Crippen molar-refractivity contribution < 1.29 is 0 Å². The molecule has 0 bridgehead atoms. The highest BCUT2D eigenvalue weighted by atomic mass is 28.3. The van der Waals surface area contributed by atoms with Gasteiger partial charge in [0.1, 0.15) is 0 Å². The molecule has 0 saturated heterocycles. The summed E-state index contributed by atoms with van der Waals surface area (Å²) in [5.74, 6) is 0. The maximum atomic E-state index is 2.84. The van der Waals surface area contributed by atoms with Crippen LogP contribution in [0.3, 0.4) is 0 Å². The van der Waals surface area contributed by atoms with E-state index in [9.17, 15) is 0 Å². The molecule has 4 heteroatoms. The van der Waals surface area contributed by atoms with Crippen molar-refractivity contribution in [2.24, 2.45) is 0 Å². The molecule has 2 atom stereocenters. The van der Waals surface area contributed by atoms with Gasteiger partial charge in [0, 0.05) is 11.1 Å². The molecule has 2 nitrogen and oxygen atoms in total. The predicted molar refractivity (Wildman–Crippen MR) is 105 cm³/mol. The zero-order valence-corrected chi connectivity index (χ0v) is 19.4. The highest BCUT2D eigenvalue weighted by Gasteiger charge is 2.28. The molecule has 0 aliphatic carbocycles. The highest BCUT2D eigenvalue weighted by Crippen LogP contribution is 2.21. The van der Waals surface area contributed by atoms with E-state index >= 15 is 0 Å². The van der Waals surface area contributed by atoms with Crippen LogP contribution in [0.25, 0.3) is 0 Å². The number of hydrogen-bond acceptors (Lipinski definition) is 2. The second kappa shape index (κ2) is 8.85. The molecule has 0 amide bonds. The molecule has 0 heterocycles. The van der Waals surface area contributed by atoms with Gasteiger partial charge in [-0.1, -0.05) is 27.7 Å². The lowest BCUT2D eigenvalue weighted by atomic mass is 10.1. The maximum Gasteiger partial charge on any atom is 0.0941 e. The molecule has 0 fully saturated rings. The van der Waals surface area contributed by atoms with E-state index in [1.807, 2.05) is 0 Å². The normalized spacial score (nSPS) is 17.7. The SMILES string of the molecule is CCC(C)N([SiH2]C[SiH2]N(C(C)CC)C(C)(C)C)C(C)(C)C. The van der Waals surface area contributed by atoms with E-state index in [0.29, 0.717) is 11.1 Å². The van der Waals surface area contributed by atoms with Crippen molar-refractivity contribution in [2.45, 2.75) is 111 Å². The van der Waals surface area contributed by atoms with Gasteiger partial charge >= 0.3 is 0 Å². The summed E-state index contributed by atoms with van der Waals surface area (Å²) in [6.07, 6.45) is 2.56. The van der Waals surface area contributed by atoms with Crippen molar-refractivity contribution in [3.05, 3.63) is 0 Å². The molecule has 128 valence electrons. The van der Waals surface area contributed by atoms with Crippen LogP contribution in [0, 0.1) is 0 Å². The molecule has 0 aliphatic heterocycles. The molecule has 0 aliphatic rings. The molecule has 0 aromatic heterocycles. The van der Waals surface area contributed by atoms with Gasteiger partial charge in [0.2, 0.25) is 0 Å². The number of rotatable bonds is 8. The van der Waals surface area contributed by atoms with Crippen LogP contribution < -0.4 is 0 Å². The zero-order chi connectivity index (χ0) is 16.8. The zero-order valence-electron chi connectivity index (χ0n) is 16.6. The van der Waals surface area contributed by atoms with Crippen LogP contribution in [0.15, 0.2) is 0 Å². The Morgan fingerprint density at radius 3 is 1.19 bits per heavy atom. The molecular weight excluding hydrogens is 288 g/mol. The number of hydrogen-bond donors (Lipinski definition) is 0. The second-order valence-electron chi connectivity index (χ2n) is 8.60. The first-order valence-corrected chi connectivity index (χ1v) is 12.2. The van der Waals surface area contributed by atoms with Crippen LogP contribution >= 0.6 is 0 Å². The molecular formula is C17H42N2Si2. The number of nitrogens with zero attached hydrogens (tertiary/aromatic N) is 2. The minimum Gasteiger partial charge on any atom is -0.322 e. The van der Waals surface area contributed by atoms with Crippen molar-refractivity contribution in [2.75, 3.05) is 0 Å². The monoisotopic (exact) mass is 330 g/mol. The Labute approximate surface area is 139 Å². The van der Waals surface area contributed by atoms with Crippen LogP contribution in [0.4, 0.5) is 0 Å². The van der Waals surface area contributed by atoms with Crippen LogP contribution in [-0.2, 0) is 0 Å². The fourth-order valence-electron chi connectivity index (χ4n) is 3.29. The maximum absolute atomic E-state index is 2.84. The van der Waals surface area contributed by atoms with Gasteiger partial charge in [0.15, 0.2) is 0 Å². The van der Waals surface area contributed by atoms with E-state index < -0.39 is 0 Å². The average molecular weight is 331 g/mol. The first-order valence-electron chi connectivity index (χ1n) is 8.98. The first kappa shape index (κ1) is 21.4. The quantitative estimate of drug-likeness (QED) is 0.630. The second-order valence-corrected chi connectivity index (χ2v) is 13.7. The summed E-state index contributed by atoms with van der Waals surface area (Å²) in [6.45, 7) is 23.8. The van der Waals surface area contributed by atoms with Gasteiger partial charge in [-0.3, -0.25) is 0 Å². The first-order chi connectivity index (χ1) is 9.45. The third kappa shape index (κ3) is 7.44. The standard InChI is InChI=1S/C17H42N2Si2/c1-11-14(3)18(16(5,6)7)20-13-21-19(15(4)12-2)17(8,9)10/h14-15H,11-13,20-21H2,1-10H3. The average Bonchev–Trinajstić information content (AvgIpc) is 2.34. The molecule has 0 rings (SSSR count). The third-order valence-corrected chi connectivity index (χ3v) is 11.4. The summed E-state index contributed by atoms with van der Waals surface area (Å²) in [4.78, 5) is 0. The van der Waals surface area contributed by atoms with Crippen molar-refractivity contribution in [3.63, 3.8) is 0 Å². The van der Waals surface area contributed by atoms with Gasteiger partial charge in [0.05, 0.1) is 19.4 Å². The topological polar surface area (TPSA) is 6.48 Å².